The van der Waals surface area contributed by atoms with Gasteiger partial charge in [0, 0.05) is 17.3 Å². The van der Waals surface area contributed by atoms with Gasteiger partial charge in [-0.2, -0.15) is 5.10 Å². The molecule has 0 amide bonds. The molecule has 0 aliphatic carbocycles. The number of hydrogen-bond acceptors (Lipinski definition) is 6. The van der Waals surface area contributed by atoms with Crippen LogP contribution < -0.4 is 9.46 Å². The smallest absolute Gasteiger partial charge is 0.232 e. The fraction of sp³-hybridized carbons (Fsp3) is 0.208. The molecule has 0 radical (unpaired) electrons. The Morgan fingerprint density at radius 3 is 2.74 bits per heavy atom. The van der Waals surface area contributed by atoms with Crippen LogP contribution in [0, 0.1) is 5.82 Å². The van der Waals surface area contributed by atoms with Crippen LogP contribution in [-0.2, 0) is 10.0 Å². The highest BCUT2D eigenvalue weighted by atomic mass is 35.5. The standard InChI is InChI=1S/C24H22ClFN4O4S/c1-3-4-10-35(32,33)30-20-7-5-6-17(21(20)26)23(31)22-18-11-14(13-27-24(18)29-28-22)16-9-8-15(34-2)12-19(16)25/h5-9,11-13,30H,3-4,10H2,1-2H3,(H,27,28,29). The average Bonchev–Trinajstić information content (AvgIpc) is 3.26. The highest BCUT2D eigenvalue weighted by Crippen LogP contribution is 2.33. The molecule has 0 aliphatic heterocycles. The van der Waals surface area contributed by atoms with E-state index in [-0.39, 0.29) is 22.7 Å². The van der Waals surface area contributed by atoms with Crippen LogP contribution in [0.3, 0.4) is 0 Å². The first-order valence-corrected chi connectivity index (χ1v) is 12.8. The number of nitrogens with zero attached hydrogens (tertiary/aromatic N) is 2. The molecule has 0 bridgehead atoms. The number of sulfonamides is 1. The fourth-order valence-electron chi connectivity index (χ4n) is 3.55. The van der Waals surface area contributed by atoms with Crippen molar-refractivity contribution in [3.05, 3.63) is 70.8 Å². The van der Waals surface area contributed by atoms with Crippen LogP contribution in [0.2, 0.25) is 5.02 Å². The molecule has 182 valence electrons. The summed E-state index contributed by atoms with van der Waals surface area (Å²) in [6.07, 6.45) is 2.68. The first kappa shape index (κ1) is 24.6. The van der Waals surface area contributed by atoms with Crippen molar-refractivity contribution >= 4 is 44.1 Å². The highest BCUT2D eigenvalue weighted by Gasteiger charge is 2.23. The summed E-state index contributed by atoms with van der Waals surface area (Å²) in [4.78, 5) is 17.6. The summed E-state index contributed by atoms with van der Waals surface area (Å²) < 4.78 is 47.1. The number of halogens is 2. The Morgan fingerprint density at radius 1 is 1.23 bits per heavy atom. The van der Waals surface area contributed by atoms with Crippen molar-refractivity contribution in [3.63, 3.8) is 0 Å². The SMILES string of the molecule is CCCCS(=O)(=O)Nc1cccc(C(=O)c2n[nH]c3ncc(-c4ccc(OC)cc4Cl)cc23)c1F. The molecule has 2 N–H and O–H groups in total. The second-order valence-electron chi connectivity index (χ2n) is 7.81. The Kier molecular flexibility index (Phi) is 7.04. The summed E-state index contributed by atoms with van der Waals surface area (Å²) >= 11 is 6.38. The lowest BCUT2D eigenvalue weighted by Gasteiger charge is -2.10. The van der Waals surface area contributed by atoms with Gasteiger partial charge in [-0.15, -0.1) is 0 Å². The third-order valence-corrected chi connectivity index (χ3v) is 7.06. The van der Waals surface area contributed by atoms with Crippen LogP contribution in [0.1, 0.15) is 35.8 Å². The second kappa shape index (κ2) is 10.0. The number of nitrogens with one attached hydrogen (secondary N) is 2. The number of H-pyrrole nitrogens is 1. The summed E-state index contributed by atoms with van der Waals surface area (Å²) in [7, 11) is -2.22. The molecular formula is C24H22ClFN4O4S. The van der Waals surface area contributed by atoms with Gasteiger partial charge < -0.3 is 4.74 Å². The van der Waals surface area contributed by atoms with Gasteiger partial charge in [0.2, 0.25) is 15.8 Å². The quantitative estimate of drug-likeness (QED) is 0.296. The van der Waals surface area contributed by atoms with Gasteiger partial charge in [0.15, 0.2) is 11.5 Å². The van der Waals surface area contributed by atoms with E-state index in [1.807, 2.05) is 6.92 Å². The number of ketones is 1. The van der Waals surface area contributed by atoms with Crippen LogP contribution >= 0.6 is 11.6 Å². The Balaban J connectivity index is 1.71. The maximum Gasteiger partial charge on any atom is 0.232 e. The molecule has 0 unspecified atom stereocenters. The minimum Gasteiger partial charge on any atom is -0.497 e. The molecule has 0 spiro atoms. The molecule has 0 atom stereocenters. The van der Waals surface area contributed by atoms with Crippen LogP contribution in [0.5, 0.6) is 5.75 Å². The number of methoxy groups -OCH3 is 1. The lowest BCUT2D eigenvalue weighted by Crippen LogP contribution is -2.18. The first-order valence-electron chi connectivity index (χ1n) is 10.8. The number of aromatic amines is 1. The Labute approximate surface area is 206 Å². The van der Waals surface area contributed by atoms with Crippen LogP contribution in [0.4, 0.5) is 10.1 Å². The molecule has 2 aromatic heterocycles. The summed E-state index contributed by atoms with van der Waals surface area (Å²) in [5.41, 5.74) is 0.953. The zero-order chi connectivity index (χ0) is 25.2. The summed E-state index contributed by atoms with van der Waals surface area (Å²) in [6, 6.07) is 10.8. The molecule has 0 fully saturated rings. The van der Waals surface area contributed by atoms with Crippen molar-refractivity contribution in [2.75, 3.05) is 17.6 Å². The number of carbonyl (C=O) groups is 1. The lowest BCUT2D eigenvalue weighted by molar-refractivity contribution is 0.103. The number of fused-ring (bicyclic) bond motifs is 1. The van der Waals surface area contributed by atoms with Gasteiger partial charge in [0.25, 0.3) is 0 Å². The topological polar surface area (TPSA) is 114 Å². The maximum absolute atomic E-state index is 15.2. The molecule has 0 saturated carbocycles. The number of benzene rings is 2. The van der Waals surface area contributed by atoms with Gasteiger partial charge in [0.05, 0.1) is 34.5 Å². The van der Waals surface area contributed by atoms with E-state index >= 15 is 4.39 Å². The molecular weight excluding hydrogens is 495 g/mol. The average molecular weight is 517 g/mol. The van der Waals surface area contributed by atoms with E-state index in [0.717, 1.165) is 0 Å². The zero-order valence-corrected chi connectivity index (χ0v) is 20.5. The predicted octanol–water partition coefficient (Wildman–Crippen LogP) is 5.20. The van der Waals surface area contributed by atoms with E-state index in [4.69, 9.17) is 16.3 Å². The molecule has 4 rings (SSSR count). The van der Waals surface area contributed by atoms with E-state index in [2.05, 4.69) is 19.9 Å². The van der Waals surface area contributed by atoms with Gasteiger partial charge in [-0.25, -0.2) is 17.8 Å². The molecule has 8 nitrogen and oxygen atoms in total. The zero-order valence-electron chi connectivity index (χ0n) is 18.9. The van der Waals surface area contributed by atoms with Gasteiger partial charge in [-0.05, 0) is 42.8 Å². The van der Waals surface area contributed by atoms with Crippen LogP contribution in [0.25, 0.3) is 22.2 Å². The number of carbonyl (C=O) groups excluding carboxylic acids is 1. The number of unbranched alkanes of at least 4 members (excludes halogenated alkanes) is 1. The van der Waals surface area contributed by atoms with E-state index < -0.39 is 21.6 Å². The number of pyridine rings is 1. The second-order valence-corrected chi connectivity index (χ2v) is 10.1. The summed E-state index contributed by atoms with van der Waals surface area (Å²) in [5, 5.41) is 7.52. The Bertz CT molecular complexity index is 1520. The fourth-order valence-corrected chi connectivity index (χ4v) is 5.09. The number of rotatable bonds is 9. The summed E-state index contributed by atoms with van der Waals surface area (Å²) in [5.74, 6) is -1.25. The van der Waals surface area contributed by atoms with Gasteiger partial charge in [-0.3, -0.25) is 14.6 Å². The largest absolute Gasteiger partial charge is 0.497 e. The molecule has 0 aliphatic rings. The normalized spacial score (nSPS) is 11.5. The highest BCUT2D eigenvalue weighted by molar-refractivity contribution is 7.92. The molecule has 4 aromatic rings. The molecule has 2 heterocycles. The minimum absolute atomic E-state index is 0.0520. The lowest BCUT2D eigenvalue weighted by atomic mass is 10.0. The molecule has 2 aromatic carbocycles. The Morgan fingerprint density at radius 2 is 2.03 bits per heavy atom. The van der Waals surface area contributed by atoms with Gasteiger partial charge >= 0.3 is 0 Å². The van der Waals surface area contributed by atoms with Crippen molar-refractivity contribution in [1.82, 2.24) is 15.2 Å². The molecule has 35 heavy (non-hydrogen) atoms. The number of aromatic nitrogens is 3. The van der Waals surface area contributed by atoms with Crippen LogP contribution in [0.15, 0.2) is 48.7 Å². The predicted molar refractivity (Wildman–Crippen MR) is 133 cm³/mol. The molecule has 11 heteroatoms. The number of hydrogen-bond donors (Lipinski definition) is 2. The minimum atomic E-state index is -3.75. The monoisotopic (exact) mass is 516 g/mol. The third kappa shape index (κ3) is 5.13. The summed E-state index contributed by atoms with van der Waals surface area (Å²) in [6.45, 7) is 1.85. The van der Waals surface area contributed by atoms with E-state index in [0.29, 0.717) is 45.8 Å². The van der Waals surface area contributed by atoms with Crippen molar-refractivity contribution in [2.24, 2.45) is 0 Å². The van der Waals surface area contributed by atoms with Crippen molar-refractivity contribution in [2.45, 2.75) is 19.8 Å². The maximum atomic E-state index is 15.2. The van der Waals surface area contributed by atoms with E-state index in [1.54, 1.807) is 30.5 Å². The van der Waals surface area contributed by atoms with Crippen molar-refractivity contribution in [3.8, 4) is 16.9 Å². The van der Waals surface area contributed by atoms with Gasteiger partial charge in [0.1, 0.15) is 11.4 Å². The molecule has 0 saturated heterocycles. The van der Waals surface area contributed by atoms with Gasteiger partial charge in [-0.1, -0.05) is 31.0 Å². The van der Waals surface area contributed by atoms with E-state index in [1.165, 1.54) is 25.3 Å². The number of ether oxygens (including phenoxy) is 1. The van der Waals surface area contributed by atoms with Crippen molar-refractivity contribution in [1.29, 1.82) is 0 Å². The number of anilines is 1. The van der Waals surface area contributed by atoms with Crippen molar-refractivity contribution < 1.29 is 22.3 Å². The van der Waals surface area contributed by atoms with Crippen LogP contribution in [-0.4, -0.2) is 42.2 Å². The third-order valence-electron chi connectivity index (χ3n) is 5.39. The van der Waals surface area contributed by atoms with E-state index in [9.17, 15) is 13.2 Å². The Hall–Kier alpha value is -3.50. The first-order chi connectivity index (χ1) is 16.7.